The molecule has 1 fully saturated rings. The van der Waals surface area contributed by atoms with Gasteiger partial charge in [-0.1, -0.05) is 12.8 Å². The molecule has 0 bridgehead atoms. The fourth-order valence-electron chi connectivity index (χ4n) is 3.53. The van der Waals surface area contributed by atoms with Crippen LogP contribution in [0.4, 0.5) is 0 Å². The first-order valence-corrected chi connectivity index (χ1v) is 9.93. The summed E-state index contributed by atoms with van der Waals surface area (Å²) in [6.45, 7) is 3.35. The molecule has 1 aromatic rings. The van der Waals surface area contributed by atoms with Gasteiger partial charge in [0.1, 0.15) is 0 Å². The fourth-order valence-corrected chi connectivity index (χ4v) is 5.23. The zero-order valence-corrected chi connectivity index (χ0v) is 16.3. The van der Waals surface area contributed by atoms with Crippen molar-refractivity contribution in [2.45, 2.75) is 50.0 Å². The highest BCUT2D eigenvalue weighted by Gasteiger charge is 2.44. The van der Waals surface area contributed by atoms with Gasteiger partial charge in [-0.15, -0.1) is 0 Å². The predicted molar refractivity (Wildman–Crippen MR) is 95.2 cm³/mol. The average molecular weight is 383 g/mol. The van der Waals surface area contributed by atoms with Gasteiger partial charge in [0, 0.05) is 5.54 Å². The zero-order valence-electron chi connectivity index (χ0n) is 15.5. The van der Waals surface area contributed by atoms with Crippen LogP contribution in [0, 0.1) is 12.8 Å². The molecule has 0 aliphatic heterocycles. The summed E-state index contributed by atoms with van der Waals surface area (Å²) in [5.74, 6) is -1.48. The quantitative estimate of drug-likeness (QED) is 0.783. The summed E-state index contributed by atoms with van der Waals surface area (Å²) in [6.07, 6.45) is 2.80. The summed E-state index contributed by atoms with van der Waals surface area (Å²) in [4.78, 5) is 23.8. The van der Waals surface area contributed by atoms with Crippen molar-refractivity contribution < 1.29 is 27.5 Å². The highest BCUT2D eigenvalue weighted by atomic mass is 32.2. The summed E-state index contributed by atoms with van der Waals surface area (Å²) in [6, 6.07) is 4.26. The van der Waals surface area contributed by atoms with E-state index in [0.717, 1.165) is 12.8 Å². The largest absolute Gasteiger partial charge is 0.469 e. The lowest BCUT2D eigenvalue weighted by atomic mass is 9.74. The molecule has 2 atom stereocenters. The number of nitrogens with one attached hydrogen (secondary N) is 1. The van der Waals surface area contributed by atoms with Crippen LogP contribution in [0.25, 0.3) is 0 Å². The van der Waals surface area contributed by atoms with Crippen molar-refractivity contribution in [1.82, 2.24) is 4.72 Å². The van der Waals surface area contributed by atoms with Gasteiger partial charge in [0.15, 0.2) is 0 Å². The Labute approximate surface area is 154 Å². The molecule has 1 aliphatic carbocycles. The van der Waals surface area contributed by atoms with Gasteiger partial charge < -0.3 is 9.47 Å². The first-order valence-electron chi connectivity index (χ1n) is 8.45. The number of hydrogen-bond acceptors (Lipinski definition) is 6. The second-order valence-corrected chi connectivity index (χ2v) is 8.47. The summed E-state index contributed by atoms with van der Waals surface area (Å²) >= 11 is 0. The van der Waals surface area contributed by atoms with E-state index in [1.54, 1.807) is 13.8 Å². The number of rotatable bonds is 5. The third-order valence-electron chi connectivity index (χ3n) is 4.95. The zero-order chi connectivity index (χ0) is 19.5. The summed E-state index contributed by atoms with van der Waals surface area (Å²) in [5, 5.41) is 0. The highest BCUT2D eigenvalue weighted by molar-refractivity contribution is 7.89. The van der Waals surface area contributed by atoms with Crippen LogP contribution >= 0.6 is 0 Å². The molecule has 144 valence electrons. The molecule has 7 nitrogen and oxygen atoms in total. The third kappa shape index (κ3) is 4.07. The number of aryl methyl sites for hydroxylation is 1. The first kappa shape index (κ1) is 20.4. The topological polar surface area (TPSA) is 98.8 Å². The average Bonchev–Trinajstić information content (AvgIpc) is 2.59. The van der Waals surface area contributed by atoms with Crippen LogP contribution in [0.2, 0.25) is 0 Å². The minimum atomic E-state index is -3.88. The Hall–Kier alpha value is -1.93. The van der Waals surface area contributed by atoms with Gasteiger partial charge in [-0.05, 0) is 50.5 Å². The number of carbonyl (C=O) groups excluding carboxylic acids is 2. The minimum absolute atomic E-state index is 0.0700. The number of hydrogen-bond donors (Lipinski definition) is 1. The van der Waals surface area contributed by atoms with Gasteiger partial charge in [-0.25, -0.2) is 17.9 Å². The Morgan fingerprint density at radius 3 is 2.46 bits per heavy atom. The van der Waals surface area contributed by atoms with E-state index in [9.17, 15) is 18.0 Å². The normalized spacial score (nSPS) is 23.3. The number of benzene rings is 1. The molecule has 1 saturated carbocycles. The molecule has 2 rings (SSSR count). The minimum Gasteiger partial charge on any atom is -0.469 e. The van der Waals surface area contributed by atoms with Gasteiger partial charge in [-0.2, -0.15) is 0 Å². The van der Waals surface area contributed by atoms with Crippen molar-refractivity contribution >= 4 is 22.0 Å². The molecule has 1 aromatic carbocycles. The van der Waals surface area contributed by atoms with Crippen molar-refractivity contribution in [3.8, 4) is 0 Å². The van der Waals surface area contributed by atoms with E-state index in [-0.39, 0.29) is 10.5 Å². The van der Waals surface area contributed by atoms with Crippen molar-refractivity contribution in [2.75, 3.05) is 14.2 Å². The standard InChI is InChI=1S/C18H25NO6S/c1-12-11-13(16(20)24-3)8-9-15(12)26(22,23)19-18(2)10-6-5-7-14(18)17(21)25-4/h8-9,11,14,19H,5-7,10H2,1-4H3/t14-,18-/m0/s1. The fraction of sp³-hybridized carbons (Fsp3) is 0.556. The van der Waals surface area contributed by atoms with Crippen LogP contribution < -0.4 is 4.72 Å². The summed E-state index contributed by atoms with van der Waals surface area (Å²) < 4.78 is 38.1. The number of ether oxygens (including phenoxy) is 2. The van der Waals surface area contributed by atoms with E-state index in [1.807, 2.05) is 0 Å². The van der Waals surface area contributed by atoms with Gasteiger partial charge >= 0.3 is 11.9 Å². The van der Waals surface area contributed by atoms with E-state index >= 15 is 0 Å². The second-order valence-electron chi connectivity index (χ2n) is 6.82. The Balaban J connectivity index is 2.35. The van der Waals surface area contributed by atoms with Gasteiger partial charge in [-0.3, -0.25) is 4.79 Å². The smallest absolute Gasteiger partial charge is 0.337 e. The Morgan fingerprint density at radius 1 is 1.19 bits per heavy atom. The molecule has 0 saturated heterocycles. The van der Waals surface area contributed by atoms with Crippen LogP contribution in [0.15, 0.2) is 23.1 Å². The maximum absolute atomic E-state index is 13.0. The van der Waals surface area contributed by atoms with Crippen molar-refractivity contribution in [1.29, 1.82) is 0 Å². The van der Waals surface area contributed by atoms with Gasteiger partial charge in [0.2, 0.25) is 10.0 Å². The molecular formula is C18H25NO6S. The lowest BCUT2D eigenvalue weighted by Crippen LogP contribution is -2.55. The van der Waals surface area contributed by atoms with Crippen LogP contribution in [0.1, 0.15) is 48.5 Å². The van der Waals surface area contributed by atoms with Gasteiger partial charge in [0.05, 0.1) is 30.6 Å². The molecule has 1 aliphatic rings. The number of esters is 2. The maximum Gasteiger partial charge on any atom is 0.337 e. The van der Waals surface area contributed by atoms with E-state index in [4.69, 9.17) is 4.74 Å². The molecule has 0 amide bonds. The SMILES string of the molecule is COC(=O)c1ccc(S(=O)(=O)N[C@@]2(C)CCCC[C@H]2C(=O)OC)c(C)c1. The highest BCUT2D eigenvalue weighted by Crippen LogP contribution is 2.36. The molecule has 0 heterocycles. The first-order chi connectivity index (χ1) is 12.1. The Kier molecular flexibility index (Phi) is 6.08. The van der Waals surface area contributed by atoms with Crippen LogP contribution in [-0.2, 0) is 24.3 Å². The number of methoxy groups -OCH3 is 2. The van der Waals surface area contributed by atoms with E-state index in [2.05, 4.69) is 9.46 Å². The van der Waals surface area contributed by atoms with E-state index in [0.29, 0.717) is 18.4 Å². The van der Waals surface area contributed by atoms with Crippen molar-refractivity contribution in [3.63, 3.8) is 0 Å². The number of sulfonamides is 1. The van der Waals surface area contributed by atoms with Crippen LogP contribution in [0.3, 0.4) is 0 Å². The predicted octanol–water partition coefficient (Wildman–Crippen LogP) is 2.18. The third-order valence-corrected chi connectivity index (χ3v) is 6.72. The molecule has 26 heavy (non-hydrogen) atoms. The summed E-state index contributed by atoms with van der Waals surface area (Å²) in [7, 11) is -1.31. The molecule has 1 N–H and O–H groups in total. The van der Waals surface area contributed by atoms with Crippen molar-refractivity contribution in [3.05, 3.63) is 29.3 Å². The second kappa shape index (κ2) is 7.75. The lowest BCUT2D eigenvalue weighted by Gasteiger charge is -2.40. The maximum atomic E-state index is 13.0. The molecule has 0 radical (unpaired) electrons. The Bertz CT molecular complexity index is 804. The molecular weight excluding hydrogens is 358 g/mol. The van der Waals surface area contributed by atoms with E-state index in [1.165, 1.54) is 32.4 Å². The van der Waals surface area contributed by atoms with Gasteiger partial charge in [0.25, 0.3) is 0 Å². The monoisotopic (exact) mass is 383 g/mol. The molecule has 0 aromatic heterocycles. The Morgan fingerprint density at radius 2 is 1.88 bits per heavy atom. The van der Waals surface area contributed by atoms with Crippen molar-refractivity contribution in [2.24, 2.45) is 5.92 Å². The van der Waals surface area contributed by atoms with Crippen LogP contribution in [-0.4, -0.2) is 40.1 Å². The molecule has 0 spiro atoms. The van der Waals surface area contributed by atoms with E-state index < -0.39 is 33.4 Å². The summed E-state index contributed by atoms with van der Waals surface area (Å²) in [5.41, 5.74) is -0.216. The lowest BCUT2D eigenvalue weighted by molar-refractivity contribution is -0.149. The number of carbonyl (C=O) groups is 2. The molecule has 0 unspecified atom stereocenters. The molecule has 8 heteroatoms. The van der Waals surface area contributed by atoms with Crippen LogP contribution in [0.5, 0.6) is 0 Å².